The van der Waals surface area contributed by atoms with E-state index in [1.54, 1.807) is 52.0 Å². The first-order valence-electron chi connectivity index (χ1n) is 15.2. The molecular formula is C31H47N5O10. The number of carboxylic acid groups (broad SMARTS) is 3. The van der Waals surface area contributed by atoms with Crippen LogP contribution in [-0.2, 0) is 40.0 Å². The van der Waals surface area contributed by atoms with Crippen LogP contribution in [0.4, 0.5) is 0 Å². The van der Waals surface area contributed by atoms with Crippen LogP contribution in [0.25, 0.3) is 0 Å². The van der Waals surface area contributed by atoms with E-state index in [2.05, 4.69) is 21.3 Å². The second-order valence-corrected chi connectivity index (χ2v) is 11.7. The zero-order valence-corrected chi connectivity index (χ0v) is 26.7. The van der Waals surface area contributed by atoms with Gasteiger partial charge in [-0.2, -0.15) is 0 Å². The number of benzene rings is 1. The molecule has 4 amide bonds. The summed E-state index contributed by atoms with van der Waals surface area (Å²) in [5, 5.41) is 37.7. The molecule has 0 radical (unpaired) electrons. The van der Waals surface area contributed by atoms with Crippen LogP contribution >= 0.6 is 0 Å². The second-order valence-electron chi connectivity index (χ2n) is 11.7. The Morgan fingerprint density at radius 1 is 0.696 bits per heavy atom. The fraction of sp³-hybridized carbons (Fsp3) is 0.581. The van der Waals surface area contributed by atoms with Crippen molar-refractivity contribution in [1.29, 1.82) is 0 Å². The molecule has 0 spiro atoms. The number of hydrogen-bond donors (Lipinski definition) is 8. The van der Waals surface area contributed by atoms with Gasteiger partial charge >= 0.3 is 17.9 Å². The molecule has 0 aliphatic carbocycles. The van der Waals surface area contributed by atoms with E-state index in [0.717, 1.165) is 5.56 Å². The minimum absolute atomic E-state index is 0.0931. The number of carbonyl (C=O) groups excluding carboxylic acids is 4. The van der Waals surface area contributed by atoms with Crippen LogP contribution < -0.4 is 27.0 Å². The topological polar surface area (TPSA) is 254 Å². The van der Waals surface area contributed by atoms with Crippen molar-refractivity contribution in [3.63, 3.8) is 0 Å². The molecule has 0 saturated heterocycles. The summed E-state index contributed by atoms with van der Waals surface area (Å²) < 4.78 is 0. The number of aliphatic carboxylic acids is 3. The average Bonchev–Trinajstić information content (AvgIpc) is 2.98. The molecule has 9 N–H and O–H groups in total. The highest BCUT2D eigenvalue weighted by molar-refractivity contribution is 5.95. The van der Waals surface area contributed by atoms with Gasteiger partial charge in [0.2, 0.25) is 23.6 Å². The van der Waals surface area contributed by atoms with Crippen LogP contribution in [0.5, 0.6) is 0 Å². The molecule has 1 aromatic carbocycles. The van der Waals surface area contributed by atoms with Crippen LogP contribution in [0.15, 0.2) is 30.3 Å². The Morgan fingerprint density at radius 2 is 1.15 bits per heavy atom. The summed E-state index contributed by atoms with van der Waals surface area (Å²) in [7, 11) is 0. The predicted octanol–water partition coefficient (Wildman–Crippen LogP) is 0.402. The summed E-state index contributed by atoms with van der Waals surface area (Å²) in [6.45, 7) is 6.93. The van der Waals surface area contributed by atoms with Gasteiger partial charge in [-0.15, -0.1) is 0 Å². The number of amides is 4. The van der Waals surface area contributed by atoms with E-state index in [4.69, 9.17) is 5.73 Å². The number of carboxylic acids is 3. The number of hydrogen-bond acceptors (Lipinski definition) is 8. The first-order valence-corrected chi connectivity index (χ1v) is 15.2. The third-order valence-corrected chi connectivity index (χ3v) is 7.31. The van der Waals surface area contributed by atoms with Crippen LogP contribution in [0.3, 0.4) is 0 Å². The maximum Gasteiger partial charge on any atom is 0.326 e. The molecule has 0 aromatic heterocycles. The summed E-state index contributed by atoms with van der Waals surface area (Å²) in [6.07, 6.45) is -1.17. The maximum atomic E-state index is 13.4. The summed E-state index contributed by atoms with van der Waals surface area (Å²) in [6, 6.07) is 2.53. The minimum Gasteiger partial charge on any atom is -0.481 e. The lowest BCUT2D eigenvalue weighted by Gasteiger charge is -2.27. The predicted molar refractivity (Wildman–Crippen MR) is 166 cm³/mol. The Kier molecular flexibility index (Phi) is 17.0. The Morgan fingerprint density at radius 3 is 1.59 bits per heavy atom. The largest absolute Gasteiger partial charge is 0.481 e. The molecule has 0 heterocycles. The van der Waals surface area contributed by atoms with Crippen LogP contribution in [0.2, 0.25) is 0 Å². The van der Waals surface area contributed by atoms with Crippen molar-refractivity contribution in [2.75, 3.05) is 0 Å². The molecule has 0 bridgehead atoms. The Hall–Kier alpha value is -4.53. The monoisotopic (exact) mass is 649 g/mol. The first-order chi connectivity index (χ1) is 21.5. The zero-order valence-electron chi connectivity index (χ0n) is 26.7. The van der Waals surface area contributed by atoms with Crippen molar-refractivity contribution >= 4 is 41.5 Å². The number of nitrogens with one attached hydrogen (secondary N) is 4. The molecule has 0 unspecified atom stereocenters. The van der Waals surface area contributed by atoms with E-state index in [-0.39, 0.29) is 18.8 Å². The highest BCUT2D eigenvalue weighted by Gasteiger charge is 2.33. The van der Waals surface area contributed by atoms with E-state index in [9.17, 15) is 48.9 Å². The van der Waals surface area contributed by atoms with Crippen molar-refractivity contribution in [2.24, 2.45) is 17.6 Å². The zero-order chi connectivity index (χ0) is 35.0. The highest BCUT2D eigenvalue weighted by Crippen LogP contribution is 2.11. The van der Waals surface area contributed by atoms with E-state index in [0.29, 0.717) is 6.42 Å². The molecule has 0 fully saturated rings. The van der Waals surface area contributed by atoms with E-state index >= 15 is 0 Å². The van der Waals surface area contributed by atoms with Crippen molar-refractivity contribution in [3.05, 3.63) is 35.9 Å². The fourth-order valence-electron chi connectivity index (χ4n) is 4.50. The second kappa shape index (κ2) is 19.8. The van der Waals surface area contributed by atoms with Gasteiger partial charge in [0.05, 0.1) is 6.04 Å². The van der Waals surface area contributed by atoms with Gasteiger partial charge in [-0.3, -0.25) is 28.8 Å². The SMILES string of the molecule is CC[C@H](C)[C@H](NC(=O)[C@H](CCC(=O)O)NC(=O)[C@H](CCC(=O)O)NC(=O)[C@H](CC(C)C)NC(=O)[C@@H](N)Cc1ccccc1)C(=O)O. The molecule has 0 saturated carbocycles. The molecule has 15 nitrogen and oxygen atoms in total. The summed E-state index contributed by atoms with van der Waals surface area (Å²) >= 11 is 0. The van der Waals surface area contributed by atoms with E-state index in [1.165, 1.54) is 0 Å². The number of carbonyl (C=O) groups is 7. The van der Waals surface area contributed by atoms with Crippen molar-refractivity contribution in [2.45, 2.75) is 103 Å². The molecule has 0 aliphatic heterocycles. The van der Waals surface area contributed by atoms with Crippen molar-refractivity contribution < 1.29 is 48.9 Å². The molecule has 0 aliphatic rings. The van der Waals surface area contributed by atoms with Crippen molar-refractivity contribution in [1.82, 2.24) is 21.3 Å². The van der Waals surface area contributed by atoms with Gasteiger partial charge in [-0.05, 0) is 43.1 Å². The average molecular weight is 650 g/mol. The Labute approximate surface area is 268 Å². The maximum absolute atomic E-state index is 13.4. The van der Waals surface area contributed by atoms with Crippen LogP contribution in [0, 0.1) is 11.8 Å². The lowest BCUT2D eigenvalue weighted by Crippen LogP contribution is -2.59. The molecular weight excluding hydrogens is 602 g/mol. The summed E-state index contributed by atoms with van der Waals surface area (Å²) in [4.78, 5) is 87.1. The third kappa shape index (κ3) is 14.5. The quantitative estimate of drug-likeness (QED) is 0.0904. The molecule has 1 aromatic rings. The molecule has 256 valence electrons. The first kappa shape index (κ1) is 39.5. The van der Waals surface area contributed by atoms with Gasteiger partial charge in [0.25, 0.3) is 0 Å². The standard InChI is InChI=1S/C31H47N5O10/c1-5-18(4)26(31(45)46)36-29(43)22(12-14-25(39)40)33-28(42)21(11-13-24(37)38)34-30(44)23(15-17(2)3)35-27(41)20(32)16-19-9-7-6-8-10-19/h6-10,17-18,20-23,26H,5,11-16,32H2,1-4H3,(H,33,42)(H,34,44)(H,35,41)(H,36,43)(H,37,38)(H,39,40)(H,45,46)/t18-,20-,21-,22-,23-,26-/m0/s1. The molecule has 15 heteroatoms. The van der Waals surface area contributed by atoms with Gasteiger partial charge in [-0.25, -0.2) is 4.79 Å². The lowest BCUT2D eigenvalue weighted by molar-refractivity contribution is -0.144. The highest BCUT2D eigenvalue weighted by atomic mass is 16.4. The van der Waals surface area contributed by atoms with Crippen LogP contribution in [0.1, 0.15) is 71.8 Å². The lowest BCUT2D eigenvalue weighted by atomic mass is 9.98. The van der Waals surface area contributed by atoms with Gasteiger partial charge < -0.3 is 42.3 Å². The van der Waals surface area contributed by atoms with Gasteiger partial charge in [0.15, 0.2) is 0 Å². The molecule has 6 atom stereocenters. The summed E-state index contributed by atoms with van der Waals surface area (Å²) in [5.74, 6) is -7.82. The van der Waals surface area contributed by atoms with E-state index < -0.39 is 103 Å². The normalized spacial score (nSPS) is 14.9. The molecule has 46 heavy (non-hydrogen) atoms. The Balaban J connectivity index is 3.18. The minimum atomic E-state index is -1.51. The molecule has 1 rings (SSSR count). The summed E-state index contributed by atoms with van der Waals surface area (Å²) in [5.41, 5.74) is 6.89. The fourth-order valence-corrected chi connectivity index (χ4v) is 4.50. The van der Waals surface area contributed by atoms with Gasteiger partial charge in [0.1, 0.15) is 24.2 Å². The smallest absolute Gasteiger partial charge is 0.326 e. The van der Waals surface area contributed by atoms with E-state index in [1.807, 2.05) is 6.07 Å². The third-order valence-electron chi connectivity index (χ3n) is 7.31. The van der Waals surface area contributed by atoms with Gasteiger partial charge in [-0.1, -0.05) is 64.4 Å². The van der Waals surface area contributed by atoms with Gasteiger partial charge in [0, 0.05) is 12.8 Å². The van der Waals surface area contributed by atoms with Crippen LogP contribution in [-0.4, -0.2) is 87.1 Å². The number of rotatable bonds is 21. The number of nitrogens with two attached hydrogens (primary N) is 1. The Bertz CT molecular complexity index is 1210. The van der Waals surface area contributed by atoms with Crippen molar-refractivity contribution in [3.8, 4) is 0 Å².